The molecule has 0 spiro atoms. The van der Waals surface area contributed by atoms with Gasteiger partial charge in [0, 0.05) is 18.5 Å². The lowest BCUT2D eigenvalue weighted by atomic mass is 9.98. The second-order valence-corrected chi connectivity index (χ2v) is 9.66. The number of amidine groups is 1. The molecule has 6 nitrogen and oxygen atoms in total. The number of hydrogen-bond donors (Lipinski definition) is 1. The fraction of sp³-hybridized carbons (Fsp3) is 0.185. The summed E-state index contributed by atoms with van der Waals surface area (Å²) in [7, 11) is 0. The molecular formula is C27H23FN4O2S. The molecule has 8 heteroatoms. The Hall–Kier alpha value is -3.78. The van der Waals surface area contributed by atoms with Gasteiger partial charge in [-0.3, -0.25) is 9.59 Å². The first-order chi connectivity index (χ1) is 17.0. The molecule has 3 aromatic rings. The summed E-state index contributed by atoms with van der Waals surface area (Å²) in [4.78, 5) is 29.5. The van der Waals surface area contributed by atoms with Crippen LogP contribution in [0, 0.1) is 12.7 Å². The van der Waals surface area contributed by atoms with E-state index < -0.39 is 5.25 Å². The fourth-order valence-electron chi connectivity index (χ4n) is 4.06. The number of nitrogens with one attached hydrogen (secondary N) is 1. The van der Waals surface area contributed by atoms with Gasteiger partial charge in [0.1, 0.15) is 11.1 Å². The topological polar surface area (TPSA) is 74.1 Å². The second-order valence-electron chi connectivity index (χ2n) is 8.49. The van der Waals surface area contributed by atoms with E-state index in [1.165, 1.54) is 23.9 Å². The lowest BCUT2D eigenvalue weighted by molar-refractivity contribution is -0.121. The van der Waals surface area contributed by atoms with Crippen molar-refractivity contribution in [1.82, 2.24) is 5.01 Å². The van der Waals surface area contributed by atoms with Crippen molar-refractivity contribution in [2.75, 3.05) is 5.32 Å². The average molecular weight is 487 g/mol. The maximum Gasteiger partial charge on any atom is 0.262 e. The van der Waals surface area contributed by atoms with Crippen LogP contribution in [0.3, 0.4) is 0 Å². The molecule has 2 aliphatic heterocycles. The summed E-state index contributed by atoms with van der Waals surface area (Å²) >= 11 is 1.24. The first kappa shape index (κ1) is 23.0. The van der Waals surface area contributed by atoms with Crippen molar-refractivity contribution >= 4 is 40.1 Å². The minimum atomic E-state index is -0.624. The Bertz CT molecular complexity index is 1310. The summed E-state index contributed by atoms with van der Waals surface area (Å²) in [5.74, 6) is -0.922. The van der Waals surface area contributed by atoms with Crippen molar-refractivity contribution < 1.29 is 14.0 Å². The van der Waals surface area contributed by atoms with Crippen LogP contribution in [-0.4, -0.2) is 33.0 Å². The van der Waals surface area contributed by atoms with Crippen LogP contribution in [0.1, 0.15) is 35.6 Å². The molecular weight excluding hydrogens is 463 g/mol. The van der Waals surface area contributed by atoms with E-state index in [0.717, 1.165) is 22.4 Å². The van der Waals surface area contributed by atoms with Crippen molar-refractivity contribution in [3.8, 4) is 0 Å². The molecule has 176 valence electrons. The van der Waals surface area contributed by atoms with Crippen molar-refractivity contribution in [1.29, 1.82) is 0 Å². The number of anilines is 1. The highest BCUT2D eigenvalue weighted by Crippen LogP contribution is 2.38. The number of halogens is 1. The van der Waals surface area contributed by atoms with Gasteiger partial charge < -0.3 is 5.32 Å². The number of thioether (sulfide) groups is 1. The largest absolute Gasteiger partial charge is 0.326 e. The van der Waals surface area contributed by atoms with E-state index in [9.17, 15) is 14.0 Å². The van der Waals surface area contributed by atoms with Gasteiger partial charge in [-0.05, 0) is 42.3 Å². The van der Waals surface area contributed by atoms with Crippen LogP contribution in [0.2, 0.25) is 0 Å². The van der Waals surface area contributed by atoms with Crippen molar-refractivity contribution in [2.24, 2.45) is 10.1 Å². The summed E-state index contributed by atoms with van der Waals surface area (Å²) < 4.78 is 13.6. The number of hydrazone groups is 1. The molecule has 0 aromatic heterocycles. The molecule has 35 heavy (non-hydrogen) atoms. The van der Waals surface area contributed by atoms with Gasteiger partial charge in [-0.2, -0.15) is 10.1 Å². The van der Waals surface area contributed by atoms with Crippen LogP contribution < -0.4 is 5.32 Å². The zero-order chi connectivity index (χ0) is 24.4. The molecule has 0 aliphatic carbocycles. The zero-order valence-corrected chi connectivity index (χ0v) is 19.8. The summed E-state index contributed by atoms with van der Waals surface area (Å²) in [6.45, 7) is 2.03. The highest BCUT2D eigenvalue weighted by Gasteiger charge is 2.39. The first-order valence-corrected chi connectivity index (χ1v) is 12.2. The van der Waals surface area contributed by atoms with Crippen molar-refractivity contribution in [3.05, 3.63) is 101 Å². The Morgan fingerprint density at radius 2 is 1.77 bits per heavy atom. The number of carbonyl (C=O) groups excluding carboxylic acids is 2. The number of amides is 2. The first-order valence-electron chi connectivity index (χ1n) is 11.3. The summed E-state index contributed by atoms with van der Waals surface area (Å²) in [6, 6.07) is 23.3. The maximum atomic E-state index is 13.6. The molecule has 0 unspecified atom stereocenters. The van der Waals surface area contributed by atoms with Gasteiger partial charge in [-0.25, -0.2) is 9.40 Å². The minimum absolute atomic E-state index is 0.00891. The number of hydrogen-bond acceptors (Lipinski definition) is 5. The Morgan fingerprint density at radius 1 is 1.06 bits per heavy atom. The Morgan fingerprint density at radius 3 is 2.49 bits per heavy atom. The summed E-state index contributed by atoms with van der Waals surface area (Å²) in [5, 5.41) is 9.19. The van der Waals surface area contributed by atoms with E-state index in [0.29, 0.717) is 17.3 Å². The molecule has 0 saturated carbocycles. The fourth-order valence-corrected chi connectivity index (χ4v) is 5.12. The third-order valence-electron chi connectivity index (χ3n) is 5.90. The number of benzene rings is 3. The van der Waals surface area contributed by atoms with Gasteiger partial charge in [-0.1, -0.05) is 71.9 Å². The SMILES string of the molecule is Cc1ccc(C2=NN(C3=NC(=O)[C@@H](CC(=O)Nc4ccccc4)S3)[C@H](c3ccc(F)cc3)C2)cc1. The van der Waals surface area contributed by atoms with E-state index in [2.05, 4.69) is 10.3 Å². The molecule has 5 rings (SSSR count). The summed E-state index contributed by atoms with van der Waals surface area (Å²) in [5.41, 5.74) is 4.55. The monoisotopic (exact) mass is 486 g/mol. The number of carbonyl (C=O) groups is 2. The van der Waals surface area contributed by atoms with Crippen molar-refractivity contribution in [3.63, 3.8) is 0 Å². The number of aliphatic imine (C=N–C) groups is 1. The van der Waals surface area contributed by atoms with Crippen LogP contribution >= 0.6 is 11.8 Å². The molecule has 2 atom stereocenters. The predicted octanol–water partition coefficient (Wildman–Crippen LogP) is 5.31. The molecule has 0 fully saturated rings. The number of rotatable bonds is 5. The molecule has 0 bridgehead atoms. The maximum absolute atomic E-state index is 13.6. The number of nitrogens with zero attached hydrogens (tertiary/aromatic N) is 3. The number of aryl methyl sites for hydroxylation is 1. The van der Waals surface area contributed by atoms with Crippen LogP contribution in [0.5, 0.6) is 0 Å². The molecule has 2 amide bonds. The Kier molecular flexibility index (Phi) is 6.46. The highest BCUT2D eigenvalue weighted by atomic mass is 32.2. The van der Waals surface area contributed by atoms with Crippen molar-refractivity contribution in [2.45, 2.75) is 31.1 Å². The lowest BCUT2D eigenvalue weighted by Gasteiger charge is -2.23. The third-order valence-corrected chi connectivity index (χ3v) is 7.05. The molecule has 0 radical (unpaired) electrons. The zero-order valence-electron chi connectivity index (χ0n) is 19.0. The normalized spacial score (nSPS) is 19.5. The van der Waals surface area contributed by atoms with E-state index in [1.54, 1.807) is 29.3 Å². The number of para-hydroxylation sites is 1. The molecule has 3 aromatic carbocycles. The molecule has 2 heterocycles. The van der Waals surface area contributed by atoms with Gasteiger partial charge in [0.2, 0.25) is 5.91 Å². The van der Waals surface area contributed by atoms with Crippen LogP contribution in [0.25, 0.3) is 0 Å². The molecule has 0 saturated heterocycles. The average Bonchev–Trinajstić information content (AvgIpc) is 3.45. The highest BCUT2D eigenvalue weighted by molar-refractivity contribution is 8.15. The quantitative estimate of drug-likeness (QED) is 0.530. The van der Waals surface area contributed by atoms with E-state index >= 15 is 0 Å². The third kappa shape index (κ3) is 5.17. The lowest BCUT2D eigenvalue weighted by Crippen LogP contribution is -2.25. The van der Waals surface area contributed by atoms with Gasteiger partial charge >= 0.3 is 0 Å². The molecule has 1 N–H and O–H groups in total. The Balaban J connectivity index is 1.36. The van der Waals surface area contributed by atoms with Gasteiger partial charge in [0.25, 0.3) is 5.91 Å². The Labute approximate surface area is 207 Å². The van der Waals surface area contributed by atoms with Crippen LogP contribution in [0.4, 0.5) is 10.1 Å². The van der Waals surface area contributed by atoms with E-state index in [4.69, 9.17) is 5.10 Å². The second kappa shape index (κ2) is 9.84. The van der Waals surface area contributed by atoms with Gasteiger partial charge in [0.05, 0.1) is 11.8 Å². The van der Waals surface area contributed by atoms with E-state index in [-0.39, 0.29) is 30.1 Å². The minimum Gasteiger partial charge on any atom is -0.326 e. The predicted molar refractivity (Wildman–Crippen MR) is 137 cm³/mol. The van der Waals surface area contributed by atoms with E-state index in [1.807, 2.05) is 49.4 Å². The summed E-state index contributed by atoms with van der Waals surface area (Å²) in [6.07, 6.45) is 0.594. The standard InChI is InChI=1S/C27H23FN4O2S/c1-17-7-9-18(10-8-17)22-15-23(19-11-13-20(28)14-12-19)32(31-22)27-30-26(34)24(35-27)16-25(33)29-21-5-3-2-4-6-21/h2-14,23-24H,15-16H2,1H3,(H,29,33)/t23-,24+/m0/s1. The van der Waals surface area contributed by atoms with Gasteiger partial charge in [0.15, 0.2) is 5.17 Å². The van der Waals surface area contributed by atoms with Crippen LogP contribution in [-0.2, 0) is 9.59 Å². The van der Waals surface area contributed by atoms with Gasteiger partial charge in [-0.15, -0.1) is 0 Å². The smallest absolute Gasteiger partial charge is 0.262 e. The molecule has 2 aliphatic rings. The van der Waals surface area contributed by atoms with Crippen LogP contribution in [0.15, 0.2) is 89.0 Å².